The molecule has 1 amide bonds. The largest absolute Gasteiger partial charge is 0.456 e. The van der Waals surface area contributed by atoms with E-state index in [0.717, 1.165) is 17.6 Å². The van der Waals surface area contributed by atoms with Crippen LogP contribution < -0.4 is 0 Å². The number of amides is 1. The monoisotopic (exact) mass is 790 g/mol. The number of methoxy groups -OCH3 is 3. The quantitative estimate of drug-likeness (QED) is 0.222. The average Bonchev–Trinajstić information content (AvgIpc) is 3.18. The summed E-state index contributed by atoms with van der Waals surface area (Å²) in [6.45, 7) is 13.9. The highest BCUT2D eigenvalue weighted by Crippen LogP contribution is 2.40. The number of aliphatic hydroxyl groups is 3. The number of Topliss-reactive ketones (excluding diaryl/α,β-unsaturated/α-hetero) is 1. The van der Waals surface area contributed by atoms with Crippen LogP contribution in [0.1, 0.15) is 112 Å². The zero-order chi connectivity index (χ0) is 41.3. The topological polar surface area (TPSA) is 161 Å². The fourth-order valence-corrected chi connectivity index (χ4v) is 9.58. The summed E-state index contributed by atoms with van der Waals surface area (Å²) < 4.78 is 30.1. The van der Waals surface area contributed by atoms with E-state index in [0.29, 0.717) is 64.2 Å². The summed E-state index contributed by atoms with van der Waals surface area (Å²) in [5.74, 6) is -4.71. The number of fused-ring (bicyclic) bond motifs is 3. The minimum Gasteiger partial charge on any atom is -0.456 e. The smallest absolute Gasteiger partial charge is 0.329 e. The molecule has 14 unspecified atom stereocenters. The Morgan fingerprint density at radius 3 is 2.30 bits per heavy atom. The van der Waals surface area contributed by atoms with E-state index in [1.807, 2.05) is 26.8 Å². The molecule has 3 fully saturated rings. The Balaban J connectivity index is 1.74. The number of piperidine rings is 1. The molecule has 0 aromatic rings. The summed E-state index contributed by atoms with van der Waals surface area (Å²) in [5.41, 5.74) is 1.89. The molecule has 0 aromatic heterocycles. The number of ketones is 1. The summed E-state index contributed by atoms with van der Waals surface area (Å²) in [6, 6.07) is -0.991. The van der Waals surface area contributed by atoms with Gasteiger partial charge in [-0.1, -0.05) is 44.6 Å². The molecule has 0 aromatic carbocycles. The van der Waals surface area contributed by atoms with Crippen LogP contribution in [-0.4, -0.2) is 120 Å². The maximum atomic E-state index is 14.3. The van der Waals surface area contributed by atoms with Crippen molar-refractivity contribution in [3.05, 3.63) is 36.0 Å². The zero-order valence-corrected chi connectivity index (χ0v) is 35.2. The van der Waals surface area contributed by atoms with Gasteiger partial charge in [-0.3, -0.25) is 9.59 Å². The number of allylic oxidation sites excluding steroid dienone is 4. The third-order valence-electron chi connectivity index (χ3n) is 12.9. The molecule has 3 N–H and O–H groups in total. The lowest BCUT2D eigenvalue weighted by atomic mass is 9.81. The van der Waals surface area contributed by atoms with Crippen molar-refractivity contribution in [1.82, 2.24) is 4.90 Å². The predicted octanol–water partition coefficient (Wildman–Crippen LogP) is 5.46. The molecule has 1 aliphatic carbocycles. The molecule has 12 heteroatoms. The number of carbonyl (C=O) groups excluding carboxylic acids is 3. The van der Waals surface area contributed by atoms with Crippen molar-refractivity contribution in [3.63, 3.8) is 0 Å². The van der Waals surface area contributed by atoms with Crippen LogP contribution in [0.2, 0.25) is 0 Å². The first-order chi connectivity index (χ1) is 26.6. The van der Waals surface area contributed by atoms with Crippen LogP contribution in [-0.2, 0) is 38.1 Å². The molecule has 318 valence electrons. The average molecular weight is 790 g/mol. The highest BCUT2D eigenvalue weighted by atomic mass is 16.7. The Hall–Kier alpha value is -2.45. The van der Waals surface area contributed by atoms with E-state index in [1.165, 1.54) is 4.90 Å². The Kier molecular flexibility index (Phi) is 17.3. The molecule has 56 heavy (non-hydrogen) atoms. The molecule has 12 nitrogen and oxygen atoms in total. The normalized spacial score (nSPS) is 41.4. The third kappa shape index (κ3) is 11.2. The van der Waals surface area contributed by atoms with Gasteiger partial charge in [0.1, 0.15) is 24.0 Å². The fraction of sp³-hybridized carbons (Fsp3) is 0.795. The van der Waals surface area contributed by atoms with Gasteiger partial charge in [-0.2, -0.15) is 0 Å². The number of nitrogens with zero attached hydrogens (tertiary/aromatic N) is 1. The number of hydrogen-bond donors (Lipinski definition) is 3. The molecular formula is C44H71NO11. The summed E-state index contributed by atoms with van der Waals surface area (Å²) in [6.07, 6.45) is 6.90. The lowest BCUT2D eigenvalue weighted by Gasteiger charge is -2.49. The highest BCUT2D eigenvalue weighted by molar-refractivity contribution is 5.88. The van der Waals surface area contributed by atoms with Gasteiger partial charge >= 0.3 is 5.97 Å². The first-order valence-corrected chi connectivity index (χ1v) is 20.9. The van der Waals surface area contributed by atoms with Gasteiger partial charge in [0.25, 0.3) is 5.91 Å². The van der Waals surface area contributed by atoms with Gasteiger partial charge in [0.15, 0.2) is 6.10 Å². The minimum atomic E-state index is -2.28. The maximum Gasteiger partial charge on any atom is 0.329 e. The number of carbonyl (C=O) groups is 3. The van der Waals surface area contributed by atoms with E-state index in [9.17, 15) is 29.7 Å². The molecule has 0 radical (unpaired) electrons. The predicted molar refractivity (Wildman–Crippen MR) is 212 cm³/mol. The summed E-state index contributed by atoms with van der Waals surface area (Å²) >= 11 is 0. The van der Waals surface area contributed by atoms with Crippen LogP contribution in [0.3, 0.4) is 0 Å². The van der Waals surface area contributed by atoms with Crippen molar-refractivity contribution in [2.24, 2.45) is 29.6 Å². The van der Waals surface area contributed by atoms with E-state index >= 15 is 0 Å². The SMILES string of the molecule is C=CCC1/C=C(\C)CC(C)CC(OC)C2OC(O)(C(C)CC2OC)C(O)C(=O)N2CCCCC2C(=O)OC(C(C)=CC2CCC(O)C(OC)C2)C(C)CCC1=O. The van der Waals surface area contributed by atoms with Crippen molar-refractivity contribution in [3.8, 4) is 0 Å². The maximum absolute atomic E-state index is 14.3. The minimum absolute atomic E-state index is 0.0873. The summed E-state index contributed by atoms with van der Waals surface area (Å²) in [4.78, 5) is 43.8. The number of cyclic esters (lactones) is 1. The number of aliphatic hydroxyl groups excluding tert-OH is 2. The molecule has 3 heterocycles. The number of esters is 1. The Morgan fingerprint density at radius 1 is 0.964 bits per heavy atom. The van der Waals surface area contributed by atoms with Crippen molar-refractivity contribution in [1.29, 1.82) is 0 Å². The molecular weight excluding hydrogens is 718 g/mol. The molecule has 4 aliphatic rings. The van der Waals surface area contributed by atoms with Crippen molar-refractivity contribution >= 4 is 17.7 Å². The molecule has 1 saturated carbocycles. The van der Waals surface area contributed by atoms with Gasteiger partial charge in [-0.15, -0.1) is 6.58 Å². The first kappa shape index (κ1) is 46.2. The number of hydrogen-bond acceptors (Lipinski definition) is 11. The molecule has 4 rings (SSSR count). The van der Waals surface area contributed by atoms with Crippen LogP contribution in [0.25, 0.3) is 0 Å². The van der Waals surface area contributed by atoms with E-state index in [2.05, 4.69) is 19.6 Å². The summed E-state index contributed by atoms with van der Waals surface area (Å²) in [7, 11) is 4.73. The van der Waals surface area contributed by atoms with E-state index in [4.69, 9.17) is 23.7 Å². The number of rotatable bonds is 7. The van der Waals surface area contributed by atoms with Gasteiger partial charge < -0.3 is 43.9 Å². The lowest BCUT2D eigenvalue weighted by Crippen LogP contribution is -2.66. The van der Waals surface area contributed by atoms with Crippen LogP contribution in [0.4, 0.5) is 0 Å². The van der Waals surface area contributed by atoms with E-state index in [1.54, 1.807) is 34.3 Å². The molecule has 2 saturated heterocycles. The third-order valence-corrected chi connectivity index (χ3v) is 12.9. The molecule has 3 aliphatic heterocycles. The summed E-state index contributed by atoms with van der Waals surface area (Å²) in [5, 5.41) is 34.3. The first-order valence-electron chi connectivity index (χ1n) is 20.9. The second-order valence-electron chi connectivity index (χ2n) is 17.3. The molecule has 2 bridgehead atoms. The number of ether oxygens (including phenoxy) is 5. The lowest BCUT2D eigenvalue weighted by molar-refractivity contribution is -0.346. The highest BCUT2D eigenvalue weighted by Gasteiger charge is 2.56. The van der Waals surface area contributed by atoms with E-state index in [-0.39, 0.29) is 48.5 Å². The van der Waals surface area contributed by atoms with Crippen molar-refractivity contribution in [2.45, 2.75) is 166 Å². The zero-order valence-electron chi connectivity index (χ0n) is 35.2. The second-order valence-corrected chi connectivity index (χ2v) is 17.3. The van der Waals surface area contributed by atoms with Gasteiger partial charge in [0.05, 0.1) is 24.4 Å². The molecule has 14 atom stereocenters. The van der Waals surface area contributed by atoms with Crippen molar-refractivity contribution in [2.75, 3.05) is 27.9 Å². The van der Waals surface area contributed by atoms with Crippen LogP contribution in [0.5, 0.6) is 0 Å². The Labute approximate surface area is 335 Å². The van der Waals surface area contributed by atoms with Gasteiger partial charge in [0.2, 0.25) is 5.79 Å². The van der Waals surface area contributed by atoms with Crippen LogP contribution >= 0.6 is 0 Å². The van der Waals surface area contributed by atoms with Crippen molar-refractivity contribution < 1.29 is 53.4 Å². The standard InChI is InChI=1S/C44H71NO11/c1-10-13-32-21-26(2)20-27(3)22-37(53-8)40-38(54-9)24-30(6)44(51,56-40)41(48)42(49)45-19-12-11-14-33(45)43(50)55-39(28(4)15-17-34(32)46)29(5)23-31-16-18-35(47)36(25-31)52-7/h10,21,23,27-28,30-33,35-41,47-48,51H,1,11-20,22,24-25H2,2-9H3/b26-21+,29-23?. The van der Waals surface area contributed by atoms with Gasteiger partial charge in [-0.05, 0) is 108 Å². The van der Waals surface area contributed by atoms with Crippen LogP contribution in [0, 0.1) is 29.6 Å². The second kappa shape index (κ2) is 21.0. The molecule has 0 spiro atoms. The Morgan fingerprint density at radius 2 is 1.64 bits per heavy atom. The fourth-order valence-electron chi connectivity index (χ4n) is 9.58. The Bertz CT molecular complexity index is 1400. The van der Waals surface area contributed by atoms with Gasteiger partial charge in [-0.25, -0.2) is 4.79 Å². The van der Waals surface area contributed by atoms with E-state index < -0.39 is 66.2 Å². The van der Waals surface area contributed by atoms with Crippen LogP contribution in [0.15, 0.2) is 36.0 Å². The van der Waals surface area contributed by atoms with Gasteiger partial charge in [0, 0.05) is 46.1 Å².